The number of nitrogens with two attached hydrogens (primary N) is 1. The first-order valence-electron chi connectivity index (χ1n) is 4.91. The van der Waals surface area contributed by atoms with Gasteiger partial charge in [-0.15, -0.1) is 0 Å². The Labute approximate surface area is 87.5 Å². The van der Waals surface area contributed by atoms with Gasteiger partial charge in [-0.3, -0.25) is 4.79 Å². The molecule has 2 rings (SSSR count). The second kappa shape index (κ2) is 3.62. The van der Waals surface area contributed by atoms with Crippen LogP contribution in [0.2, 0.25) is 0 Å². The van der Waals surface area contributed by atoms with Gasteiger partial charge in [-0.1, -0.05) is 6.07 Å². The third-order valence-corrected chi connectivity index (χ3v) is 2.69. The highest BCUT2D eigenvalue weighted by Crippen LogP contribution is 2.28. The van der Waals surface area contributed by atoms with Crippen molar-refractivity contribution in [2.45, 2.75) is 13.3 Å². The molecule has 0 spiro atoms. The Kier molecular flexibility index (Phi) is 2.44. The molecule has 3 N–H and O–H groups in total. The van der Waals surface area contributed by atoms with E-state index in [1.807, 2.05) is 13.0 Å². The van der Waals surface area contributed by atoms with Crippen molar-refractivity contribution in [1.82, 2.24) is 0 Å². The molecule has 4 heteroatoms. The van der Waals surface area contributed by atoms with Crippen molar-refractivity contribution in [3.05, 3.63) is 29.1 Å². The molecule has 1 aromatic carbocycles. The van der Waals surface area contributed by atoms with Crippen LogP contribution >= 0.6 is 0 Å². The summed E-state index contributed by atoms with van der Waals surface area (Å²) >= 11 is 0. The van der Waals surface area contributed by atoms with E-state index in [-0.39, 0.29) is 17.6 Å². The van der Waals surface area contributed by atoms with Gasteiger partial charge in [0.15, 0.2) is 0 Å². The Morgan fingerprint density at radius 3 is 3.00 bits per heavy atom. The summed E-state index contributed by atoms with van der Waals surface area (Å²) in [5.74, 6) is -0.791. The van der Waals surface area contributed by atoms with Crippen molar-refractivity contribution < 1.29 is 9.18 Å². The Hall–Kier alpha value is -1.42. The lowest BCUT2D eigenvalue weighted by molar-refractivity contribution is -0.119. The van der Waals surface area contributed by atoms with Gasteiger partial charge in [-0.05, 0) is 30.5 Å². The van der Waals surface area contributed by atoms with Crippen LogP contribution in [0.3, 0.4) is 0 Å². The zero-order chi connectivity index (χ0) is 11.0. The van der Waals surface area contributed by atoms with E-state index in [0.717, 1.165) is 11.1 Å². The molecule has 1 unspecified atom stereocenters. The second-order valence-electron chi connectivity index (χ2n) is 3.91. The summed E-state index contributed by atoms with van der Waals surface area (Å²) in [5.41, 5.74) is 7.48. The largest absolute Gasteiger partial charge is 0.330 e. The third-order valence-electron chi connectivity index (χ3n) is 2.69. The highest BCUT2D eigenvalue weighted by Gasteiger charge is 2.26. The van der Waals surface area contributed by atoms with Crippen LogP contribution in [0.25, 0.3) is 0 Å². The van der Waals surface area contributed by atoms with E-state index in [2.05, 4.69) is 5.32 Å². The molecule has 0 radical (unpaired) electrons. The van der Waals surface area contributed by atoms with Crippen LogP contribution in [0.4, 0.5) is 10.1 Å². The minimum Gasteiger partial charge on any atom is -0.330 e. The van der Waals surface area contributed by atoms with Gasteiger partial charge < -0.3 is 11.1 Å². The fraction of sp³-hybridized carbons (Fsp3) is 0.364. The number of anilines is 1. The molecule has 0 aromatic heterocycles. The number of nitrogens with one attached hydrogen (secondary N) is 1. The number of carbonyl (C=O) groups is 1. The minimum absolute atomic E-state index is 0.187. The molecule has 1 aromatic rings. The van der Waals surface area contributed by atoms with Crippen LogP contribution in [-0.2, 0) is 11.2 Å². The number of fused-ring (bicyclic) bond motifs is 1. The summed E-state index contributed by atoms with van der Waals surface area (Å²) in [6.45, 7) is 2.12. The predicted molar refractivity (Wildman–Crippen MR) is 56.0 cm³/mol. The Balaban J connectivity index is 2.45. The fourth-order valence-electron chi connectivity index (χ4n) is 1.89. The molecule has 0 saturated heterocycles. The molecule has 1 aliphatic heterocycles. The second-order valence-corrected chi connectivity index (χ2v) is 3.91. The van der Waals surface area contributed by atoms with Crippen molar-refractivity contribution in [2.24, 2.45) is 11.7 Å². The minimum atomic E-state index is -0.367. The van der Waals surface area contributed by atoms with E-state index < -0.39 is 0 Å². The molecule has 1 heterocycles. The number of benzene rings is 1. The first-order valence-corrected chi connectivity index (χ1v) is 4.91. The van der Waals surface area contributed by atoms with Gasteiger partial charge in [-0.2, -0.15) is 0 Å². The summed E-state index contributed by atoms with van der Waals surface area (Å²) in [6, 6.07) is 3.31. The van der Waals surface area contributed by atoms with E-state index >= 15 is 0 Å². The van der Waals surface area contributed by atoms with E-state index in [9.17, 15) is 9.18 Å². The van der Waals surface area contributed by atoms with Crippen LogP contribution in [-0.4, -0.2) is 12.5 Å². The highest BCUT2D eigenvalue weighted by atomic mass is 19.1. The average Bonchev–Trinajstić information content (AvgIpc) is 2.18. The molecular weight excluding hydrogens is 195 g/mol. The number of rotatable bonds is 1. The van der Waals surface area contributed by atoms with Crippen molar-refractivity contribution in [3.63, 3.8) is 0 Å². The van der Waals surface area contributed by atoms with Crippen molar-refractivity contribution >= 4 is 11.6 Å². The predicted octanol–water partition coefficient (Wildman–Crippen LogP) is 1.20. The smallest absolute Gasteiger partial charge is 0.229 e. The first kappa shape index (κ1) is 10.1. The van der Waals surface area contributed by atoms with Gasteiger partial charge in [0.2, 0.25) is 5.91 Å². The summed E-state index contributed by atoms with van der Waals surface area (Å²) in [6.07, 6.45) is 0.524. The van der Waals surface area contributed by atoms with Gasteiger partial charge in [0.1, 0.15) is 5.82 Å². The highest BCUT2D eigenvalue weighted by molar-refractivity contribution is 5.96. The lowest BCUT2D eigenvalue weighted by Crippen LogP contribution is -2.35. The number of carbonyl (C=O) groups excluding carboxylic acids is 1. The molecule has 80 valence electrons. The van der Waals surface area contributed by atoms with Crippen molar-refractivity contribution in [1.29, 1.82) is 0 Å². The molecule has 0 fully saturated rings. The number of amides is 1. The van der Waals surface area contributed by atoms with Gasteiger partial charge in [0.05, 0.1) is 11.6 Å². The van der Waals surface area contributed by atoms with E-state index in [0.29, 0.717) is 18.7 Å². The number of halogens is 1. The molecule has 0 bridgehead atoms. The Morgan fingerprint density at radius 1 is 1.60 bits per heavy atom. The molecule has 0 saturated carbocycles. The van der Waals surface area contributed by atoms with E-state index in [1.165, 1.54) is 6.07 Å². The molecule has 3 nitrogen and oxygen atoms in total. The average molecular weight is 208 g/mol. The molecule has 0 aliphatic carbocycles. The van der Waals surface area contributed by atoms with Crippen LogP contribution in [0, 0.1) is 18.7 Å². The molecule has 1 atom stereocenters. The first-order chi connectivity index (χ1) is 7.11. The summed E-state index contributed by atoms with van der Waals surface area (Å²) in [4.78, 5) is 11.5. The van der Waals surface area contributed by atoms with Crippen LogP contribution in [0.1, 0.15) is 11.1 Å². The maximum absolute atomic E-state index is 13.5. The van der Waals surface area contributed by atoms with Gasteiger partial charge in [0.25, 0.3) is 0 Å². The van der Waals surface area contributed by atoms with Gasteiger partial charge in [-0.25, -0.2) is 4.39 Å². The lowest BCUT2D eigenvalue weighted by atomic mass is 9.92. The Bertz CT molecular complexity index is 417. The quantitative estimate of drug-likeness (QED) is 0.728. The summed E-state index contributed by atoms with van der Waals surface area (Å²) < 4.78 is 13.5. The molecule has 1 aliphatic rings. The number of hydrogen-bond acceptors (Lipinski definition) is 2. The maximum Gasteiger partial charge on any atom is 0.229 e. The van der Waals surface area contributed by atoms with Crippen molar-refractivity contribution in [2.75, 3.05) is 11.9 Å². The van der Waals surface area contributed by atoms with Crippen LogP contribution in [0.15, 0.2) is 12.1 Å². The Morgan fingerprint density at radius 2 is 2.33 bits per heavy atom. The standard InChI is InChI=1S/C11H13FN2O/c1-6-2-7-4-8(5-13)11(15)14-10(7)9(12)3-6/h2-3,8H,4-5,13H2,1H3,(H,14,15). The monoisotopic (exact) mass is 208 g/mol. The van der Waals surface area contributed by atoms with Gasteiger partial charge >= 0.3 is 0 Å². The zero-order valence-corrected chi connectivity index (χ0v) is 8.51. The topological polar surface area (TPSA) is 55.1 Å². The van der Waals surface area contributed by atoms with Crippen LogP contribution < -0.4 is 11.1 Å². The zero-order valence-electron chi connectivity index (χ0n) is 8.51. The maximum atomic E-state index is 13.5. The lowest BCUT2D eigenvalue weighted by Gasteiger charge is -2.24. The van der Waals surface area contributed by atoms with Crippen molar-refractivity contribution in [3.8, 4) is 0 Å². The third kappa shape index (κ3) is 1.72. The molecular formula is C11H13FN2O. The van der Waals surface area contributed by atoms with Crippen LogP contribution in [0.5, 0.6) is 0 Å². The fourth-order valence-corrected chi connectivity index (χ4v) is 1.89. The molecule has 15 heavy (non-hydrogen) atoms. The number of hydrogen-bond donors (Lipinski definition) is 2. The number of aryl methyl sites for hydroxylation is 1. The molecule has 1 amide bonds. The van der Waals surface area contributed by atoms with E-state index in [4.69, 9.17) is 5.73 Å². The van der Waals surface area contributed by atoms with Gasteiger partial charge in [0, 0.05) is 6.54 Å². The summed E-state index contributed by atoms with van der Waals surface area (Å²) in [5, 5.41) is 2.56. The normalized spacial score (nSPS) is 19.7. The SMILES string of the molecule is Cc1cc(F)c2c(c1)CC(CN)C(=O)N2. The van der Waals surface area contributed by atoms with E-state index in [1.54, 1.807) is 0 Å². The summed E-state index contributed by atoms with van der Waals surface area (Å²) in [7, 11) is 0.